The van der Waals surface area contributed by atoms with Crippen molar-refractivity contribution in [3.63, 3.8) is 0 Å². The molecule has 0 bridgehead atoms. The van der Waals surface area contributed by atoms with E-state index in [2.05, 4.69) is 5.32 Å². The van der Waals surface area contributed by atoms with Crippen molar-refractivity contribution in [1.29, 1.82) is 0 Å². The van der Waals surface area contributed by atoms with Crippen molar-refractivity contribution in [3.8, 4) is 0 Å². The lowest BCUT2D eigenvalue weighted by Gasteiger charge is -2.27. The predicted octanol–water partition coefficient (Wildman–Crippen LogP) is -0.884. The van der Waals surface area contributed by atoms with Gasteiger partial charge in [0.25, 0.3) is 0 Å². The minimum Gasteiger partial charge on any atom is -0.480 e. The summed E-state index contributed by atoms with van der Waals surface area (Å²) in [7, 11) is 0. The summed E-state index contributed by atoms with van der Waals surface area (Å²) < 4.78 is 0. The molecule has 2 amide bonds. The van der Waals surface area contributed by atoms with Crippen LogP contribution in [0, 0.1) is 0 Å². The molecule has 3 N–H and O–H groups in total. The number of carbonyl (C=O) groups is 4. The van der Waals surface area contributed by atoms with Crippen LogP contribution < -0.4 is 5.32 Å². The summed E-state index contributed by atoms with van der Waals surface area (Å²) in [6.45, 7) is 2.20. The number of hydrogen-bond acceptors (Lipinski definition) is 5. The van der Waals surface area contributed by atoms with Gasteiger partial charge in [0.2, 0.25) is 11.8 Å². The van der Waals surface area contributed by atoms with Crippen LogP contribution in [0.15, 0.2) is 0 Å². The zero-order chi connectivity index (χ0) is 17.9. The van der Waals surface area contributed by atoms with Crippen LogP contribution in [0.1, 0.15) is 32.6 Å². The third-order valence-corrected chi connectivity index (χ3v) is 4.55. The zero-order valence-electron chi connectivity index (χ0n) is 13.6. The van der Waals surface area contributed by atoms with Crippen molar-refractivity contribution in [2.45, 2.75) is 50.7 Å². The molecule has 24 heavy (non-hydrogen) atoms. The molecule has 0 unspecified atom stereocenters. The minimum atomic E-state index is -1.04. The van der Waals surface area contributed by atoms with Gasteiger partial charge < -0.3 is 20.4 Å². The van der Waals surface area contributed by atoms with Gasteiger partial charge in [0.05, 0.1) is 12.6 Å². The molecule has 9 heteroatoms. The Morgan fingerprint density at radius 3 is 2.33 bits per heavy atom. The van der Waals surface area contributed by atoms with E-state index in [1.54, 1.807) is 4.90 Å². The molecule has 0 spiro atoms. The molecule has 2 heterocycles. The molecule has 134 valence electrons. The van der Waals surface area contributed by atoms with E-state index in [-0.39, 0.29) is 12.5 Å². The fraction of sp³-hybridized carbons (Fsp3) is 0.733. The molecule has 2 rings (SSSR count). The molecule has 2 saturated heterocycles. The summed E-state index contributed by atoms with van der Waals surface area (Å²) in [5, 5.41) is 20.6. The van der Waals surface area contributed by atoms with Crippen molar-refractivity contribution < 1.29 is 29.4 Å². The average Bonchev–Trinajstić information content (AvgIpc) is 3.14. The van der Waals surface area contributed by atoms with Gasteiger partial charge in [-0.1, -0.05) is 0 Å². The van der Waals surface area contributed by atoms with Gasteiger partial charge in [0.15, 0.2) is 0 Å². The highest BCUT2D eigenvalue weighted by atomic mass is 16.4. The van der Waals surface area contributed by atoms with Crippen LogP contribution in [0.2, 0.25) is 0 Å². The highest BCUT2D eigenvalue weighted by molar-refractivity contribution is 5.92. The van der Waals surface area contributed by atoms with Crippen LogP contribution in [-0.4, -0.2) is 81.5 Å². The van der Waals surface area contributed by atoms with Crippen molar-refractivity contribution in [1.82, 2.24) is 15.1 Å². The highest BCUT2D eigenvalue weighted by Crippen LogP contribution is 2.20. The molecule has 2 fully saturated rings. The lowest BCUT2D eigenvalue weighted by molar-refractivity contribution is -0.149. The maximum absolute atomic E-state index is 12.4. The Labute approximate surface area is 139 Å². The second kappa shape index (κ2) is 7.61. The lowest BCUT2D eigenvalue weighted by Crippen LogP contribution is -2.54. The average molecular weight is 341 g/mol. The van der Waals surface area contributed by atoms with E-state index in [0.717, 1.165) is 6.42 Å². The molecular weight excluding hydrogens is 318 g/mol. The summed E-state index contributed by atoms with van der Waals surface area (Å²) in [4.78, 5) is 49.6. The molecule has 0 aromatic carbocycles. The number of carboxylic acids is 2. The number of carboxylic acid groups (broad SMARTS) is 2. The fourth-order valence-corrected chi connectivity index (χ4v) is 3.39. The van der Waals surface area contributed by atoms with Crippen LogP contribution in [-0.2, 0) is 19.2 Å². The number of hydrogen-bond donors (Lipinski definition) is 3. The normalized spacial score (nSPS) is 25.5. The van der Waals surface area contributed by atoms with Crippen LogP contribution >= 0.6 is 0 Å². The summed E-state index contributed by atoms with van der Waals surface area (Å²) in [5.74, 6) is -2.85. The maximum Gasteiger partial charge on any atom is 0.326 e. The Hall–Kier alpha value is -2.16. The van der Waals surface area contributed by atoms with Gasteiger partial charge in [-0.25, -0.2) is 4.79 Å². The minimum absolute atomic E-state index is 0.215. The SMILES string of the molecule is C[C@H](NC(=O)[C@@H]1CCCN1CC(=O)O)C(=O)N1CCC[C@H]1C(=O)O. The number of nitrogens with zero attached hydrogens (tertiary/aromatic N) is 2. The number of aliphatic carboxylic acids is 2. The Morgan fingerprint density at radius 2 is 1.71 bits per heavy atom. The monoisotopic (exact) mass is 341 g/mol. The van der Waals surface area contributed by atoms with Gasteiger partial charge in [-0.3, -0.25) is 19.3 Å². The van der Waals surface area contributed by atoms with Gasteiger partial charge in [0.1, 0.15) is 12.1 Å². The first-order chi connectivity index (χ1) is 11.3. The second-order valence-electron chi connectivity index (χ2n) is 6.28. The first-order valence-electron chi connectivity index (χ1n) is 8.10. The lowest BCUT2D eigenvalue weighted by atomic mass is 10.1. The van der Waals surface area contributed by atoms with E-state index in [1.807, 2.05) is 0 Å². The van der Waals surface area contributed by atoms with Gasteiger partial charge in [-0.2, -0.15) is 0 Å². The quantitative estimate of drug-likeness (QED) is 0.572. The van der Waals surface area contributed by atoms with E-state index in [1.165, 1.54) is 11.8 Å². The summed E-state index contributed by atoms with van der Waals surface area (Å²) in [5.41, 5.74) is 0. The number of carbonyl (C=O) groups excluding carboxylic acids is 2. The number of likely N-dealkylation sites (tertiary alicyclic amines) is 2. The summed E-state index contributed by atoms with van der Waals surface area (Å²) in [6.07, 6.45) is 2.30. The van der Waals surface area contributed by atoms with Crippen molar-refractivity contribution in [2.75, 3.05) is 19.6 Å². The Kier molecular flexibility index (Phi) is 5.76. The maximum atomic E-state index is 12.4. The van der Waals surface area contributed by atoms with E-state index >= 15 is 0 Å². The molecule has 0 saturated carbocycles. The molecule has 0 aromatic heterocycles. The van der Waals surface area contributed by atoms with Gasteiger partial charge in [-0.15, -0.1) is 0 Å². The predicted molar refractivity (Wildman–Crippen MR) is 82.2 cm³/mol. The Bertz CT molecular complexity index is 537. The molecule has 0 radical (unpaired) electrons. The first-order valence-corrected chi connectivity index (χ1v) is 8.10. The third kappa shape index (κ3) is 4.02. The molecule has 9 nitrogen and oxygen atoms in total. The molecule has 2 aliphatic heterocycles. The summed E-state index contributed by atoms with van der Waals surface area (Å²) in [6, 6.07) is -2.25. The van der Waals surface area contributed by atoms with Gasteiger partial charge >= 0.3 is 11.9 Å². The molecule has 2 aliphatic rings. The number of rotatable bonds is 6. The largest absolute Gasteiger partial charge is 0.480 e. The fourth-order valence-electron chi connectivity index (χ4n) is 3.39. The van der Waals surface area contributed by atoms with Crippen molar-refractivity contribution >= 4 is 23.8 Å². The Morgan fingerprint density at radius 1 is 1.08 bits per heavy atom. The van der Waals surface area contributed by atoms with E-state index in [9.17, 15) is 19.2 Å². The molecule has 0 aromatic rings. The molecule has 3 atom stereocenters. The molecular formula is C15H23N3O6. The molecule has 0 aliphatic carbocycles. The number of amides is 2. The number of nitrogens with one attached hydrogen (secondary N) is 1. The Balaban J connectivity index is 1.94. The van der Waals surface area contributed by atoms with Crippen molar-refractivity contribution in [3.05, 3.63) is 0 Å². The van der Waals surface area contributed by atoms with Crippen LogP contribution in [0.4, 0.5) is 0 Å². The second-order valence-corrected chi connectivity index (χ2v) is 6.28. The summed E-state index contributed by atoms with van der Waals surface area (Å²) >= 11 is 0. The van der Waals surface area contributed by atoms with E-state index < -0.39 is 36.0 Å². The first kappa shape index (κ1) is 18.2. The third-order valence-electron chi connectivity index (χ3n) is 4.55. The topological polar surface area (TPSA) is 127 Å². The van der Waals surface area contributed by atoms with E-state index in [4.69, 9.17) is 10.2 Å². The highest BCUT2D eigenvalue weighted by Gasteiger charge is 2.38. The van der Waals surface area contributed by atoms with Crippen LogP contribution in [0.3, 0.4) is 0 Å². The van der Waals surface area contributed by atoms with Crippen LogP contribution in [0.25, 0.3) is 0 Å². The van der Waals surface area contributed by atoms with Gasteiger partial charge in [0, 0.05) is 6.54 Å². The van der Waals surface area contributed by atoms with Gasteiger partial charge in [-0.05, 0) is 39.2 Å². The van der Waals surface area contributed by atoms with E-state index in [0.29, 0.717) is 32.4 Å². The standard InChI is InChI=1S/C15H23N3O6/c1-9(14(22)18-7-3-5-11(18)15(23)24)16-13(21)10-4-2-6-17(10)8-12(19)20/h9-11H,2-8H2,1H3,(H,16,21)(H,19,20)(H,23,24)/t9-,10-,11-/m0/s1. The zero-order valence-corrected chi connectivity index (χ0v) is 13.6. The smallest absolute Gasteiger partial charge is 0.326 e. The van der Waals surface area contributed by atoms with Crippen molar-refractivity contribution in [2.24, 2.45) is 0 Å². The van der Waals surface area contributed by atoms with Crippen LogP contribution in [0.5, 0.6) is 0 Å².